The zero-order valence-corrected chi connectivity index (χ0v) is 17.6. The van der Waals surface area contributed by atoms with Crippen molar-refractivity contribution in [3.8, 4) is 0 Å². The van der Waals surface area contributed by atoms with Gasteiger partial charge in [0.25, 0.3) is 11.8 Å². The number of imide groups is 1. The molecule has 0 unspecified atom stereocenters. The SMILES string of the molecule is O=C1c2cccc3cccc(c23)C(=O)N1CCCC(=O)N(Cc1ccc(F)cc1)C1CC1. The Bertz CT molecular complexity index is 1170. The van der Waals surface area contributed by atoms with E-state index in [-0.39, 0.29) is 42.5 Å². The molecular weight excluding hydrogens is 407 g/mol. The van der Waals surface area contributed by atoms with Crippen LogP contribution in [0.1, 0.15) is 52.0 Å². The lowest BCUT2D eigenvalue weighted by Gasteiger charge is -2.28. The highest BCUT2D eigenvalue weighted by Crippen LogP contribution is 2.31. The third-order valence-electron chi connectivity index (χ3n) is 6.20. The summed E-state index contributed by atoms with van der Waals surface area (Å²) in [6.07, 6.45) is 2.59. The highest BCUT2D eigenvalue weighted by atomic mass is 19.1. The Morgan fingerprint density at radius 3 is 2.16 bits per heavy atom. The van der Waals surface area contributed by atoms with Gasteiger partial charge in [-0.25, -0.2) is 4.39 Å². The van der Waals surface area contributed by atoms with Gasteiger partial charge in [0.2, 0.25) is 5.91 Å². The fourth-order valence-corrected chi connectivity index (χ4v) is 4.41. The Morgan fingerprint density at radius 2 is 1.56 bits per heavy atom. The maximum atomic E-state index is 13.2. The number of hydrogen-bond donors (Lipinski definition) is 0. The summed E-state index contributed by atoms with van der Waals surface area (Å²) in [4.78, 5) is 42.0. The molecule has 6 heteroatoms. The van der Waals surface area contributed by atoms with E-state index >= 15 is 0 Å². The second-order valence-electron chi connectivity index (χ2n) is 8.45. The molecule has 5 nitrogen and oxygen atoms in total. The van der Waals surface area contributed by atoms with Crippen LogP contribution in [-0.2, 0) is 11.3 Å². The first-order valence-electron chi connectivity index (χ1n) is 10.9. The Hall–Kier alpha value is -3.54. The van der Waals surface area contributed by atoms with Gasteiger partial charge in [-0.2, -0.15) is 0 Å². The van der Waals surface area contributed by atoms with Crippen molar-refractivity contribution in [1.29, 1.82) is 0 Å². The van der Waals surface area contributed by atoms with E-state index in [1.165, 1.54) is 17.0 Å². The van der Waals surface area contributed by atoms with Gasteiger partial charge in [0.15, 0.2) is 0 Å². The summed E-state index contributed by atoms with van der Waals surface area (Å²) in [5.74, 6) is -0.920. The van der Waals surface area contributed by atoms with Crippen LogP contribution in [0.5, 0.6) is 0 Å². The summed E-state index contributed by atoms with van der Waals surface area (Å²) in [6, 6.07) is 17.3. The molecule has 1 fully saturated rings. The highest BCUT2D eigenvalue weighted by Gasteiger charge is 2.34. The van der Waals surface area contributed by atoms with Gasteiger partial charge in [-0.05, 0) is 54.5 Å². The van der Waals surface area contributed by atoms with Gasteiger partial charge in [0.05, 0.1) is 0 Å². The minimum absolute atomic E-state index is 0.00349. The molecule has 3 aromatic rings. The number of hydrogen-bond acceptors (Lipinski definition) is 3. The fourth-order valence-electron chi connectivity index (χ4n) is 4.41. The molecule has 3 aromatic carbocycles. The predicted octanol–water partition coefficient (Wildman–Crippen LogP) is 4.55. The Kier molecular flexibility index (Phi) is 5.21. The summed E-state index contributed by atoms with van der Waals surface area (Å²) in [5, 5.41) is 1.58. The lowest BCUT2D eigenvalue weighted by atomic mass is 9.94. The van der Waals surface area contributed by atoms with Gasteiger partial charge in [-0.3, -0.25) is 19.3 Å². The first-order valence-corrected chi connectivity index (χ1v) is 10.9. The molecular formula is C26H23FN2O3. The zero-order valence-electron chi connectivity index (χ0n) is 17.6. The summed E-state index contributed by atoms with van der Waals surface area (Å²) in [5.41, 5.74) is 1.94. The van der Waals surface area contributed by atoms with E-state index in [1.807, 2.05) is 29.2 Å². The molecule has 0 atom stereocenters. The van der Waals surface area contributed by atoms with Crippen molar-refractivity contribution in [2.45, 2.75) is 38.3 Å². The van der Waals surface area contributed by atoms with E-state index in [0.717, 1.165) is 23.8 Å². The van der Waals surface area contributed by atoms with E-state index in [9.17, 15) is 18.8 Å². The Balaban J connectivity index is 1.25. The van der Waals surface area contributed by atoms with Crippen molar-refractivity contribution in [1.82, 2.24) is 9.80 Å². The molecule has 0 N–H and O–H groups in total. The lowest BCUT2D eigenvalue weighted by molar-refractivity contribution is -0.132. The number of rotatable bonds is 7. The minimum Gasteiger partial charge on any atom is -0.335 e. The fraction of sp³-hybridized carbons (Fsp3) is 0.269. The molecule has 2 aliphatic rings. The van der Waals surface area contributed by atoms with Crippen LogP contribution in [0.3, 0.4) is 0 Å². The largest absolute Gasteiger partial charge is 0.335 e. The van der Waals surface area contributed by atoms with Gasteiger partial charge < -0.3 is 4.90 Å². The number of carbonyl (C=O) groups excluding carboxylic acids is 3. The van der Waals surface area contributed by atoms with E-state index < -0.39 is 0 Å². The molecule has 0 bridgehead atoms. The third kappa shape index (κ3) is 3.77. The Labute approximate surface area is 185 Å². The molecule has 0 radical (unpaired) electrons. The topological polar surface area (TPSA) is 57.7 Å². The van der Waals surface area contributed by atoms with Crippen LogP contribution >= 0.6 is 0 Å². The summed E-state index contributed by atoms with van der Waals surface area (Å²) in [7, 11) is 0. The second kappa shape index (κ2) is 8.19. The van der Waals surface area contributed by atoms with Crippen LogP contribution in [0.4, 0.5) is 4.39 Å². The molecule has 3 amide bonds. The quantitative estimate of drug-likeness (QED) is 0.517. The maximum Gasteiger partial charge on any atom is 0.261 e. The molecule has 0 saturated heterocycles. The van der Waals surface area contributed by atoms with Gasteiger partial charge in [-0.15, -0.1) is 0 Å². The van der Waals surface area contributed by atoms with Crippen LogP contribution in [0.25, 0.3) is 10.8 Å². The van der Waals surface area contributed by atoms with Crippen LogP contribution in [0.15, 0.2) is 60.7 Å². The van der Waals surface area contributed by atoms with Crippen molar-refractivity contribution in [2.24, 2.45) is 0 Å². The van der Waals surface area contributed by atoms with Crippen molar-refractivity contribution in [2.75, 3.05) is 6.54 Å². The van der Waals surface area contributed by atoms with Gasteiger partial charge in [0, 0.05) is 42.1 Å². The Morgan fingerprint density at radius 1 is 0.938 bits per heavy atom. The van der Waals surface area contributed by atoms with Gasteiger partial charge in [0.1, 0.15) is 5.82 Å². The number of amides is 3. The van der Waals surface area contributed by atoms with Gasteiger partial charge in [-0.1, -0.05) is 36.4 Å². The molecule has 32 heavy (non-hydrogen) atoms. The van der Waals surface area contributed by atoms with Crippen molar-refractivity contribution < 1.29 is 18.8 Å². The number of nitrogens with zero attached hydrogens (tertiary/aromatic N) is 2. The average molecular weight is 430 g/mol. The third-order valence-corrected chi connectivity index (χ3v) is 6.20. The zero-order chi connectivity index (χ0) is 22.2. The lowest BCUT2D eigenvalue weighted by Crippen LogP contribution is -2.41. The van der Waals surface area contributed by atoms with Crippen molar-refractivity contribution >= 4 is 28.5 Å². The van der Waals surface area contributed by atoms with Crippen LogP contribution < -0.4 is 0 Å². The first-order chi connectivity index (χ1) is 15.5. The summed E-state index contributed by atoms with van der Waals surface area (Å²) < 4.78 is 13.2. The first kappa shape index (κ1) is 20.4. The maximum absolute atomic E-state index is 13.2. The number of carbonyl (C=O) groups is 3. The van der Waals surface area contributed by atoms with Gasteiger partial charge >= 0.3 is 0 Å². The molecule has 1 heterocycles. The van der Waals surface area contributed by atoms with E-state index in [1.54, 1.807) is 24.3 Å². The molecule has 1 aliphatic heterocycles. The smallest absolute Gasteiger partial charge is 0.261 e. The average Bonchev–Trinajstić information content (AvgIpc) is 3.64. The molecule has 5 rings (SSSR count). The molecule has 0 spiro atoms. The summed E-state index contributed by atoms with van der Waals surface area (Å²) in [6.45, 7) is 0.643. The predicted molar refractivity (Wildman–Crippen MR) is 119 cm³/mol. The minimum atomic E-state index is -0.308. The summed E-state index contributed by atoms with van der Waals surface area (Å²) >= 11 is 0. The van der Waals surface area contributed by atoms with Crippen molar-refractivity contribution in [3.05, 3.63) is 83.2 Å². The number of halogens is 1. The molecule has 162 valence electrons. The second-order valence-corrected chi connectivity index (χ2v) is 8.45. The van der Waals surface area contributed by atoms with Crippen LogP contribution in [0.2, 0.25) is 0 Å². The van der Waals surface area contributed by atoms with E-state index in [0.29, 0.717) is 29.5 Å². The van der Waals surface area contributed by atoms with Crippen LogP contribution in [0, 0.1) is 5.82 Å². The van der Waals surface area contributed by atoms with Crippen LogP contribution in [-0.4, -0.2) is 40.1 Å². The number of benzene rings is 3. The standard InChI is InChI=1S/C26H23FN2O3/c27-19-11-9-17(10-12-19)16-29(20-13-14-20)23(30)8-3-15-28-25(31)21-6-1-4-18-5-2-7-22(24(18)21)26(28)32/h1-2,4-7,9-12,20H,3,8,13-16H2. The van der Waals surface area contributed by atoms with Crippen molar-refractivity contribution in [3.63, 3.8) is 0 Å². The highest BCUT2D eigenvalue weighted by molar-refractivity contribution is 6.25. The molecule has 1 aliphatic carbocycles. The van der Waals surface area contributed by atoms with E-state index in [2.05, 4.69) is 0 Å². The molecule has 1 saturated carbocycles. The normalized spacial score (nSPS) is 15.3. The molecule has 0 aromatic heterocycles. The monoisotopic (exact) mass is 430 g/mol. The van der Waals surface area contributed by atoms with E-state index in [4.69, 9.17) is 0 Å².